The Hall–Kier alpha value is -1.92. The zero-order chi connectivity index (χ0) is 20.5. The largest absolute Gasteiger partial charge is 0.396 e. The first-order chi connectivity index (χ1) is 13.9. The van der Waals surface area contributed by atoms with Crippen molar-refractivity contribution >= 4 is 32.4 Å². The molecule has 0 radical (unpaired) electrons. The van der Waals surface area contributed by atoms with Crippen LogP contribution in [-0.4, -0.2) is 37.5 Å². The van der Waals surface area contributed by atoms with Crippen LogP contribution >= 0.6 is 11.6 Å². The number of hydrogen-bond donors (Lipinski definition) is 1. The predicted molar refractivity (Wildman–Crippen MR) is 117 cm³/mol. The van der Waals surface area contributed by atoms with Crippen LogP contribution in [-0.2, 0) is 16.4 Å². The maximum absolute atomic E-state index is 13.5. The van der Waals surface area contributed by atoms with Crippen LogP contribution in [0, 0.1) is 5.41 Å². The Morgan fingerprint density at radius 2 is 1.79 bits per heavy atom. The average Bonchev–Trinajstić information content (AvgIpc) is 2.73. The molecule has 152 valence electrons. The van der Waals surface area contributed by atoms with Gasteiger partial charge in [-0.2, -0.15) is 4.31 Å². The number of aliphatic hydroxyl groups is 1. The summed E-state index contributed by atoms with van der Waals surface area (Å²) in [5, 5.41) is 12.5. The van der Waals surface area contributed by atoms with Gasteiger partial charge in [0.05, 0.1) is 11.5 Å². The molecule has 1 fully saturated rings. The molecule has 0 saturated carbocycles. The molecule has 0 bridgehead atoms. The molecular weight excluding hydrogens is 406 g/mol. The fraction of sp³-hybridized carbons (Fsp3) is 0.304. The fourth-order valence-corrected chi connectivity index (χ4v) is 6.36. The normalized spacial score (nSPS) is 20.8. The van der Waals surface area contributed by atoms with Crippen molar-refractivity contribution in [2.75, 3.05) is 19.7 Å². The van der Waals surface area contributed by atoms with Gasteiger partial charge in [-0.15, -0.1) is 0 Å². The molecule has 0 aromatic heterocycles. The summed E-state index contributed by atoms with van der Waals surface area (Å²) in [6.07, 6.45) is 2.08. The number of hydrogen-bond acceptors (Lipinski definition) is 3. The van der Waals surface area contributed by atoms with Gasteiger partial charge in [0.1, 0.15) is 0 Å². The summed E-state index contributed by atoms with van der Waals surface area (Å²) in [6, 6.07) is 20.5. The third kappa shape index (κ3) is 4.05. The molecule has 6 heteroatoms. The van der Waals surface area contributed by atoms with Crippen molar-refractivity contribution in [3.63, 3.8) is 0 Å². The zero-order valence-electron chi connectivity index (χ0n) is 16.1. The quantitative estimate of drug-likeness (QED) is 0.649. The number of aliphatic hydroxyl groups excluding tert-OH is 1. The Morgan fingerprint density at radius 3 is 2.59 bits per heavy atom. The number of fused-ring (bicyclic) bond motifs is 1. The van der Waals surface area contributed by atoms with Crippen molar-refractivity contribution in [2.45, 2.75) is 24.2 Å². The average molecular weight is 430 g/mol. The van der Waals surface area contributed by atoms with Gasteiger partial charge in [-0.25, -0.2) is 8.42 Å². The van der Waals surface area contributed by atoms with E-state index in [0.717, 1.165) is 22.8 Å². The third-order valence-corrected chi connectivity index (χ3v) is 7.94. The first-order valence-electron chi connectivity index (χ1n) is 9.77. The number of nitrogens with zero attached hydrogens (tertiary/aromatic N) is 1. The van der Waals surface area contributed by atoms with Gasteiger partial charge in [0.2, 0.25) is 10.0 Å². The molecular formula is C23H24ClNO3S. The van der Waals surface area contributed by atoms with E-state index in [1.54, 1.807) is 16.4 Å². The van der Waals surface area contributed by atoms with Crippen LogP contribution < -0.4 is 0 Å². The maximum atomic E-state index is 13.5. The zero-order valence-corrected chi connectivity index (χ0v) is 17.7. The molecule has 1 atom stereocenters. The van der Waals surface area contributed by atoms with E-state index in [0.29, 0.717) is 35.8 Å². The third-order valence-electron chi connectivity index (χ3n) is 5.80. The van der Waals surface area contributed by atoms with Gasteiger partial charge < -0.3 is 5.11 Å². The molecule has 1 heterocycles. The first kappa shape index (κ1) is 20.4. The molecule has 1 saturated heterocycles. The summed E-state index contributed by atoms with van der Waals surface area (Å²) in [4.78, 5) is 0.326. The Morgan fingerprint density at radius 1 is 1.03 bits per heavy atom. The molecule has 3 aromatic carbocycles. The van der Waals surface area contributed by atoms with E-state index in [-0.39, 0.29) is 6.61 Å². The van der Waals surface area contributed by atoms with Gasteiger partial charge >= 0.3 is 0 Å². The topological polar surface area (TPSA) is 57.6 Å². The highest BCUT2D eigenvalue weighted by molar-refractivity contribution is 7.89. The van der Waals surface area contributed by atoms with Crippen molar-refractivity contribution in [3.8, 4) is 0 Å². The number of piperidine rings is 1. The van der Waals surface area contributed by atoms with E-state index in [9.17, 15) is 13.5 Å². The van der Waals surface area contributed by atoms with Crippen molar-refractivity contribution in [1.29, 1.82) is 0 Å². The van der Waals surface area contributed by atoms with Gasteiger partial charge in [-0.3, -0.25) is 0 Å². The molecule has 0 aliphatic carbocycles. The van der Waals surface area contributed by atoms with Crippen LogP contribution in [0.15, 0.2) is 71.6 Å². The van der Waals surface area contributed by atoms with Crippen LogP contribution in [0.4, 0.5) is 0 Å². The van der Waals surface area contributed by atoms with Crippen LogP contribution in [0.1, 0.15) is 18.4 Å². The second-order valence-electron chi connectivity index (χ2n) is 7.88. The lowest BCUT2D eigenvalue weighted by atomic mass is 9.76. The van der Waals surface area contributed by atoms with Crippen LogP contribution in [0.3, 0.4) is 0 Å². The molecule has 0 amide bonds. The van der Waals surface area contributed by atoms with Crippen LogP contribution in [0.25, 0.3) is 10.8 Å². The number of halogens is 1. The molecule has 29 heavy (non-hydrogen) atoms. The van der Waals surface area contributed by atoms with E-state index in [1.165, 1.54) is 0 Å². The Kier molecular flexibility index (Phi) is 5.67. The Balaban J connectivity index is 1.67. The summed E-state index contributed by atoms with van der Waals surface area (Å²) >= 11 is 6.12. The van der Waals surface area contributed by atoms with Crippen molar-refractivity contribution < 1.29 is 13.5 Å². The van der Waals surface area contributed by atoms with E-state index >= 15 is 0 Å². The van der Waals surface area contributed by atoms with Gasteiger partial charge in [0, 0.05) is 28.9 Å². The number of rotatable bonds is 5. The van der Waals surface area contributed by atoms with Gasteiger partial charge in [0.25, 0.3) is 0 Å². The second kappa shape index (κ2) is 8.07. The highest BCUT2D eigenvalue weighted by Crippen LogP contribution is 2.37. The summed E-state index contributed by atoms with van der Waals surface area (Å²) in [7, 11) is -3.67. The maximum Gasteiger partial charge on any atom is 0.243 e. The smallest absolute Gasteiger partial charge is 0.243 e. The predicted octanol–water partition coefficient (Wildman–Crippen LogP) is 4.50. The molecule has 1 aliphatic rings. The van der Waals surface area contributed by atoms with E-state index in [4.69, 9.17) is 11.6 Å². The lowest BCUT2D eigenvalue weighted by Crippen LogP contribution is -2.48. The van der Waals surface area contributed by atoms with E-state index in [2.05, 4.69) is 0 Å². The fourth-order valence-electron chi connectivity index (χ4n) is 4.34. The molecule has 0 spiro atoms. The Labute approximate surface area is 176 Å². The molecule has 3 aromatic rings. The molecule has 4 nitrogen and oxygen atoms in total. The summed E-state index contributed by atoms with van der Waals surface area (Å²) in [5.74, 6) is 0. The lowest BCUT2D eigenvalue weighted by Gasteiger charge is -2.41. The highest BCUT2D eigenvalue weighted by atomic mass is 35.5. The summed E-state index contributed by atoms with van der Waals surface area (Å²) < 4.78 is 28.6. The van der Waals surface area contributed by atoms with E-state index in [1.807, 2.05) is 54.6 Å². The SMILES string of the molecule is O=S(=O)(c1cccc2ccccc12)N1CCCC(CO)(Cc2cccc(Cl)c2)C1. The summed E-state index contributed by atoms with van der Waals surface area (Å²) in [5.41, 5.74) is 0.497. The highest BCUT2D eigenvalue weighted by Gasteiger charge is 2.40. The Bertz CT molecular complexity index is 1130. The van der Waals surface area contributed by atoms with Crippen molar-refractivity contribution in [2.24, 2.45) is 5.41 Å². The van der Waals surface area contributed by atoms with Crippen molar-refractivity contribution in [1.82, 2.24) is 4.31 Å². The lowest BCUT2D eigenvalue weighted by molar-refractivity contribution is 0.0645. The van der Waals surface area contributed by atoms with Gasteiger partial charge in [0.15, 0.2) is 0 Å². The first-order valence-corrected chi connectivity index (χ1v) is 11.6. The van der Waals surface area contributed by atoms with Gasteiger partial charge in [-0.1, -0.05) is 60.1 Å². The minimum atomic E-state index is -3.67. The minimum absolute atomic E-state index is 0.0684. The minimum Gasteiger partial charge on any atom is -0.396 e. The molecule has 1 aliphatic heterocycles. The van der Waals surface area contributed by atoms with E-state index < -0.39 is 15.4 Å². The molecule has 1 unspecified atom stereocenters. The standard InChI is InChI=1S/C23H24ClNO3S/c24-20-9-3-6-18(14-20)15-23(17-26)12-5-13-25(16-23)29(27,28)22-11-4-8-19-7-1-2-10-21(19)22/h1-4,6-11,14,26H,5,12-13,15-17H2. The monoisotopic (exact) mass is 429 g/mol. The van der Waals surface area contributed by atoms with Crippen molar-refractivity contribution in [3.05, 3.63) is 77.3 Å². The molecule has 1 N–H and O–H groups in total. The second-order valence-corrected chi connectivity index (χ2v) is 10.2. The summed E-state index contributed by atoms with van der Waals surface area (Å²) in [6.45, 7) is 0.686. The molecule has 4 rings (SSSR count). The van der Waals surface area contributed by atoms with Crippen LogP contribution in [0.2, 0.25) is 5.02 Å². The van der Waals surface area contributed by atoms with Crippen LogP contribution in [0.5, 0.6) is 0 Å². The number of sulfonamides is 1. The van der Waals surface area contributed by atoms with Gasteiger partial charge in [-0.05, 0) is 48.4 Å². The number of benzene rings is 3.